The zero-order valence-electron chi connectivity index (χ0n) is 10.7. The molecule has 0 spiro atoms. The molecule has 2 saturated heterocycles. The lowest BCUT2D eigenvalue weighted by Gasteiger charge is -2.25. The van der Waals surface area contributed by atoms with E-state index in [2.05, 4.69) is 17.3 Å². The van der Waals surface area contributed by atoms with Gasteiger partial charge < -0.3 is 10.2 Å². The molecule has 100 valence electrons. The number of nitrogens with one attached hydrogen (secondary N) is 1. The molecule has 6 heteroatoms. The summed E-state index contributed by atoms with van der Waals surface area (Å²) in [6, 6.07) is 0. The van der Waals surface area contributed by atoms with Gasteiger partial charge in [0, 0.05) is 32.7 Å². The van der Waals surface area contributed by atoms with E-state index in [0.29, 0.717) is 25.6 Å². The molecule has 0 aromatic carbocycles. The summed E-state index contributed by atoms with van der Waals surface area (Å²) in [5.41, 5.74) is 0. The second-order valence-electron chi connectivity index (χ2n) is 5.33. The summed E-state index contributed by atoms with van der Waals surface area (Å²) in [7, 11) is -0.993. The van der Waals surface area contributed by atoms with Gasteiger partial charge in [-0.25, -0.2) is 12.7 Å². The minimum absolute atomic E-state index is 0.302. The normalized spacial score (nSPS) is 35.9. The molecule has 5 nitrogen and oxygen atoms in total. The fourth-order valence-corrected chi connectivity index (χ4v) is 4.26. The van der Waals surface area contributed by atoms with E-state index in [1.54, 1.807) is 11.2 Å². The molecule has 0 aromatic heterocycles. The molecule has 0 aliphatic carbocycles. The SMILES string of the molecule is CC1CNCCN(CC2CCN(C)C2)S1(=O)=O. The average molecular weight is 261 g/mol. The number of hydrogen-bond donors (Lipinski definition) is 1. The third kappa shape index (κ3) is 2.99. The Hall–Kier alpha value is -0.170. The molecule has 2 fully saturated rings. The number of hydrogen-bond acceptors (Lipinski definition) is 4. The maximum atomic E-state index is 12.3. The van der Waals surface area contributed by atoms with E-state index in [1.165, 1.54) is 0 Å². The van der Waals surface area contributed by atoms with Crippen molar-refractivity contribution >= 4 is 10.0 Å². The Morgan fingerprint density at radius 3 is 2.76 bits per heavy atom. The third-order valence-corrected chi connectivity index (χ3v) is 6.02. The quantitative estimate of drug-likeness (QED) is 0.732. The zero-order valence-corrected chi connectivity index (χ0v) is 11.5. The van der Waals surface area contributed by atoms with E-state index in [-0.39, 0.29) is 5.25 Å². The number of sulfonamides is 1. The van der Waals surface area contributed by atoms with Gasteiger partial charge in [-0.15, -0.1) is 0 Å². The topological polar surface area (TPSA) is 52.6 Å². The van der Waals surface area contributed by atoms with Crippen LogP contribution < -0.4 is 5.32 Å². The smallest absolute Gasteiger partial charge is 0.218 e. The molecule has 2 rings (SSSR count). The van der Waals surface area contributed by atoms with Crippen molar-refractivity contribution < 1.29 is 8.42 Å². The first-order chi connectivity index (χ1) is 8.00. The highest BCUT2D eigenvalue weighted by Crippen LogP contribution is 2.19. The predicted molar refractivity (Wildman–Crippen MR) is 68.4 cm³/mol. The van der Waals surface area contributed by atoms with E-state index < -0.39 is 10.0 Å². The molecule has 0 amide bonds. The van der Waals surface area contributed by atoms with Crippen molar-refractivity contribution in [3.8, 4) is 0 Å². The summed E-state index contributed by atoms with van der Waals surface area (Å²) in [6.45, 7) is 6.56. The maximum Gasteiger partial charge on any atom is 0.218 e. The van der Waals surface area contributed by atoms with Gasteiger partial charge in [0.15, 0.2) is 0 Å². The van der Waals surface area contributed by atoms with Crippen LogP contribution in [0, 0.1) is 5.92 Å². The van der Waals surface area contributed by atoms with Crippen LogP contribution in [0.1, 0.15) is 13.3 Å². The highest BCUT2D eigenvalue weighted by Gasteiger charge is 2.33. The van der Waals surface area contributed by atoms with Crippen LogP contribution in [-0.2, 0) is 10.0 Å². The Labute approximate surface area is 104 Å². The van der Waals surface area contributed by atoms with Crippen LogP contribution >= 0.6 is 0 Å². The van der Waals surface area contributed by atoms with Crippen molar-refractivity contribution in [2.75, 3.05) is 46.3 Å². The van der Waals surface area contributed by atoms with Crippen LogP contribution in [-0.4, -0.2) is 69.2 Å². The van der Waals surface area contributed by atoms with Gasteiger partial charge in [-0.05, 0) is 32.9 Å². The standard InChI is InChI=1S/C11H23N3O2S/c1-10-7-12-4-6-14(17(10,15)16)9-11-3-5-13(2)8-11/h10-12H,3-9H2,1-2H3. The highest BCUT2D eigenvalue weighted by molar-refractivity contribution is 7.89. The van der Waals surface area contributed by atoms with E-state index in [0.717, 1.165) is 26.1 Å². The number of nitrogens with zero attached hydrogens (tertiary/aromatic N) is 2. The first-order valence-electron chi connectivity index (χ1n) is 6.38. The molecule has 2 atom stereocenters. The Balaban J connectivity index is 2.02. The Morgan fingerprint density at radius 1 is 1.35 bits per heavy atom. The molecule has 2 aliphatic rings. The van der Waals surface area contributed by atoms with Crippen LogP contribution in [0.25, 0.3) is 0 Å². The highest BCUT2D eigenvalue weighted by atomic mass is 32.2. The van der Waals surface area contributed by atoms with Gasteiger partial charge in [-0.2, -0.15) is 0 Å². The van der Waals surface area contributed by atoms with Gasteiger partial charge >= 0.3 is 0 Å². The average Bonchev–Trinajstić information content (AvgIpc) is 2.62. The Bertz CT molecular complexity index is 358. The van der Waals surface area contributed by atoms with Crippen molar-refractivity contribution in [1.29, 1.82) is 0 Å². The van der Waals surface area contributed by atoms with Gasteiger partial charge in [-0.1, -0.05) is 0 Å². The molecule has 2 unspecified atom stereocenters. The second kappa shape index (κ2) is 5.22. The first kappa shape index (κ1) is 13.3. The van der Waals surface area contributed by atoms with E-state index in [1.807, 2.05) is 0 Å². The van der Waals surface area contributed by atoms with Crippen molar-refractivity contribution in [3.05, 3.63) is 0 Å². The predicted octanol–water partition coefficient (Wildman–Crippen LogP) is -0.438. The third-order valence-electron chi connectivity index (χ3n) is 3.79. The number of rotatable bonds is 2. The van der Waals surface area contributed by atoms with Gasteiger partial charge in [0.2, 0.25) is 10.0 Å². The van der Waals surface area contributed by atoms with Gasteiger partial charge in [0.1, 0.15) is 0 Å². The van der Waals surface area contributed by atoms with Crippen molar-refractivity contribution in [3.63, 3.8) is 0 Å². The Kier molecular flexibility index (Phi) is 4.07. The lowest BCUT2D eigenvalue weighted by molar-refractivity contribution is 0.333. The van der Waals surface area contributed by atoms with E-state index >= 15 is 0 Å². The molecule has 2 heterocycles. The molecule has 2 aliphatic heterocycles. The lowest BCUT2D eigenvalue weighted by Crippen LogP contribution is -2.41. The molecule has 0 saturated carbocycles. The van der Waals surface area contributed by atoms with Gasteiger partial charge in [0.25, 0.3) is 0 Å². The summed E-state index contributed by atoms with van der Waals surface area (Å²) in [4.78, 5) is 2.27. The van der Waals surface area contributed by atoms with Crippen molar-refractivity contribution in [1.82, 2.24) is 14.5 Å². The van der Waals surface area contributed by atoms with Crippen molar-refractivity contribution in [2.45, 2.75) is 18.6 Å². The minimum Gasteiger partial charge on any atom is -0.314 e. The molecule has 0 aromatic rings. The van der Waals surface area contributed by atoms with Gasteiger partial charge in [-0.3, -0.25) is 0 Å². The van der Waals surface area contributed by atoms with Crippen LogP contribution in [0.4, 0.5) is 0 Å². The molecular formula is C11H23N3O2S. The fraction of sp³-hybridized carbons (Fsp3) is 1.00. The zero-order chi connectivity index (χ0) is 12.5. The Morgan fingerprint density at radius 2 is 2.12 bits per heavy atom. The minimum atomic E-state index is -3.09. The maximum absolute atomic E-state index is 12.3. The first-order valence-corrected chi connectivity index (χ1v) is 7.88. The van der Waals surface area contributed by atoms with Crippen LogP contribution in [0.15, 0.2) is 0 Å². The molecular weight excluding hydrogens is 238 g/mol. The molecule has 0 radical (unpaired) electrons. The molecule has 1 N–H and O–H groups in total. The van der Waals surface area contributed by atoms with E-state index in [4.69, 9.17) is 0 Å². The summed E-state index contributed by atoms with van der Waals surface area (Å²) < 4.78 is 26.2. The lowest BCUT2D eigenvalue weighted by atomic mass is 10.1. The summed E-state index contributed by atoms with van der Waals surface area (Å²) in [5, 5.41) is 2.88. The van der Waals surface area contributed by atoms with Crippen LogP contribution in [0.5, 0.6) is 0 Å². The summed E-state index contributed by atoms with van der Waals surface area (Å²) in [6.07, 6.45) is 1.12. The second-order valence-corrected chi connectivity index (χ2v) is 7.69. The summed E-state index contributed by atoms with van der Waals surface area (Å²) >= 11 is 0. The van der Waals surface area contributed by atoms with Gasteiger partial charge in [0.05, 0.1) is 5.25 Å². The fourth-order valence-electron chi connectivity index (χ4n) is 2.65. The molecule has 0 bridgehead atoms. The van der Waals surface area contributed by atoms with Crippen molar-refractivity contribution in [2.24, 2.45) is 5.92 Å². The van der Waals surface area contributed by atoms with Crippen LogP contribution in [0.2, 0.25) is 0 Å². The summed E-state index contributed by atoms with van der Waals surface area (Å²) in [5.74, 6) is 0.500. The molecule has 17 heavy (non-hydrogen) atoms. The van der Waals surface area contributed by atoms with Crippen LogP contribution in [0.3, 0.4) is 0 Å². The van der Waals surface area contributed by atoms with E-state index in [9.17, 15) is 8.42 Å². The monoisotopic (exact) mass is 261 g/mol. The number of likely N-dealkylation sites (tertiary alicyclic amines) is 1. The largest absolute Gasteiger partial charge is 0.314 e.